The molecule has 5 heteroatoms. The monoisotopic (exact) mass is 258 g/mol. The van der Waals surface area contributed by atoms with Crippen LogP contribution in [0.25, 0.3) is 0 Å². The Hall–Kier alpha value is -0.580. The second-order valence-electron chi connectivity index (χ2n) is 4.52. The van der Waals surface area contributed by atoms with Gasteiger partial charge in [-0.15, -0.1) is 0 Å². The fourth-order valence-electron chi connectivity index (χ4n) is 1.74. The van der Waals surface area contributed by atoms with Crippen molar-refractivity contribution in [2.75, 3.05) is 27.2 Å². The highest BCUT2D eigenvalue weighted by Gasteiger charge is 2.11. The van der Waals surface area contributed by atoms with Crippen LogP contribution >= 0.6 is 11.6 Å². The predicted molar refractivity (Wildman–Crippen MR) is 72.5 cm³/mol. The molecular weight excluding hydrogens is 236 g/mol. The SMILES string of the molecule is CCc1nn(C)c(CNCCCN(C)C)c1Cl. The van der Waals surface area contributed by atoms with Crippen LogP contribution in [0.1, 0.15) is 24.7 Å². The van der Waals surface area contributed by atoms with Crippen LogP contribution in [0, 0.1) is 0 Å². The second-order valence-corrected chi connectivity index (χ2v) is 4.90. The normalized spacial score (nSPS) is 11.4. The van der Waals surface area contributed by atoms with Crippen LogP contribution in [0.2, 0.25) is 5.02 Å². The molecule has 4 nitrogen and oxygen atoms in total. The molecule has 0 atom stereocenters. The molecule has 0 bridgehead atoms. The number of nitrogens with one attached hydrogen (secondary N) is 1. The van der Waals surface area contributed by atoms with Crippen molar-refractivity contribution in [3.8, 4) is 0 Å². The summed E-state index contributed by atoms with van der Waals surface area (Å²) in [5.74, 6) is 0. The van der Waals surface area contributed by atoms with Gasteiger partial charge in [0.05, 0.1) is 16.4 Å². The lowest BCUT2D eigenvalue weighted by molar-refractivity contribution is 0.393. The standard InChI is InChI=1S/C12H23ClN4/c1-5-10-12(13)11(17(4)15-10)9-14-7-6-8-16(2)3/h14H,5-9H2,1-4H3. The summed E-state index contributed by atoms with van der Waals surface area (Å²) in [6, 6.07) is 0. The Morgan fingerprint density at radius 1 is 1.41 bits per heavy atom. The predicted octanol–water partition coefficient (Wildman–Crippen LogP) is 1.68. The first-order valence-corrected chi connectivity index (χ1v) is 6.49. The van der Waals surface area contributed by atoms with Gasteiger partial charge in [-0.05, 0) is 40.0 Å². The van der Waals surface area contributed by atoms with Crippen LogP contribution in [0.15, 0.2) is 0 Å². The number of rotatable bonds is 7. The molecule has 1 heterocycles. The van der Waals surface area contributed by atoms with Gasteiger partial charge in [0.1, 0.15) is 0 Å². The fraction of sp³-hybridized carbons (Fsp3) is 0.750. The van der Waals surface area contributed by atoms with Crippen LogP contribution in [-0.4, -0.2) is 41.9 Å². The third-order valence-electron chi connectivity index (χ3n) is 2.75. The van der Waals surface area contributed by atoms with Gasteiger partial charge in [0.25, 0.3) is 0 Å². The average molecular weight is 259 g/mol. The lowest BCUT2D eigenvalue weighted by atomic mass is 10.3. The summed E-state index contributed by atoms with van der Waals surface area (Å²) in [6.45, 7) is 4.96. The smallest absolute Gasteiger partial charge is 0.0863 e. The molecule has 0 aliphatic rings. The summed E-state index contributed by atoms with van der Waals surface area (Å²) >= 11 is 6.26. The van der Waals surface area contributed by atoms with E-state index in [0.717, 1.165) is 48.9 Å². The van der Waals surface area contributed by atoms with Crippen molar-refractivity contribution in [1.29, 1.82) is 0 Å². The van der Waals surface area contributed by atoms with Crippen molar-refractivity contribution in [1.82, 2.24) is 20.0 Å². The average Bonchev–Trinajstić information content (AvgIpc) is 2.54. The molecule has 0 spiro atoms. The molecule has 0 unspecified atom stereocenters. The van der Waals surface area contributed by atoms with Gasteiger partial charge in [0.15, 0.2) is 0 Å². The van der Waals surface area contributed by atoms with Gasteiger partial charge in [0.2, 0.25) is 0 Å². The zero-order chi connectivity index (χ0) is 12.8. The van der Waals surface area contributed by atoms with Gasteiger partial charge >= 0.3 is 0 Å². The molecule has 0 amide bonds. The van der Waals surface area contributed by atoms with Crippen LogP contribution in [0.4, 0.5) is 0 Å². The van der Waals surface area contributed by atoms with Crippen LogP contribution in [0.3, 0.4) is 0 Å². The molecule has 17 heavy (non-hydrogen) atoms. The van der Waals surface area contributed by atoms with E-state index in [4.69, 9.17) is 11.6 Å². The Balaban J connectivity index is 2.39. The summed E-state index contributed by atoms with van der Waals surface area (Å²) in [5, 5.41) is 8.61. The van der Waals surface area contributed by atoms with Gasteiger partial charge in [-0.25, -0.2) is 0 Å². The number of aryl methyl sites for hydroxylation is 2. The van der Waals surface area contributed by atoms with Gasteiger partial charge in [-0.2, -0.15) is 5.10 Å². The molecule has 0 aromatic carbocycles. The van der Waals surface area contributed by atoms with Crippen molar-refractivity contribution in [2.45, 2.75) is 26.3 Å². The Kier molecular flexibility index (Phi) is 5.95. The molecule has 1 aromatic rings. The molecule has 0 aliphatic carbocycles. The summed E-state index contributed by atoms with van der Waals surface area (Å²) in [4.78, 5) is 2.19. The van der Waals surface area contributed by atoms with E-state index < -0.39 is 0 Å². The summed E-state index contributed by atoms with van der Waals surface area (Å²) in [7, 11) is 6.12. The molecule has 1 rings (SSSR count). The number of hydrogen-bond acceptors (Lipinski definition) is 3. The molecule has 98 valence electrons. The highest BCUT2D eigenvalue weighted by Crippen LogP contribution is 2.20. The quantitative estimate of drug-likeness (QED) is 0.756. The lowest BCUT2D eigenvalue weighted by Crippen LogP contribution is -2.22. The maximum absolute atomic E-state index is 6.26. The van der Waals surface area contributed by atoms with Gasteiger partial charge in [-0.3, -0.25) is 4.68 Å². The molecule has 0 radical (unpaired) electrons. The Morgan fingerprint density at radius 2 is 2.12 bits per heavy atom. The Morgan fingerprint density at radius 3 is 2.65 bits per heavy atom. The van der Waals surface area contributed by atoms with Gasteiger partial charge < -0.3 is 10.2 Å². The molecule has 0 saturated heterocycles. The van der Waals surface area contributed by atoms with E-state index in [1.165, 1.54) is 0 Å². The van der Waals surface area contributed by atoms with Crippen LogP contribution in [0.5, 0.6) is 0 Å². The third kappa shape index (κ3) is 4.30. The summed E-state index contributed by atoms with van der Waals surface area (Å²) in [5.41, 5.74) is 2.06. The van der Waals surface area contributed by atoms with Crippen LogP contribution in [-0.2, 0) is 20.0 Å². The lowest BCUT2D eigenvalue weighted by Gasteiger charge is -2.10. The molecule has 0 saturated carbocycles. The van der Waals surface area contributed by atoms with E-state index in [0.29, 0.717) is 0 Å². The first-order valence-electron chi connectivity index (χ1n) is 6.12. The van der Waals surface area contributed by atoms with E-state index >= 15 is 0 Å². The number of aromatic nitrogens is 2. The molecular formula is C12H23ClN4. The number of nitrogens with zero attached hydrogens (tertiary/aromatic N) is 3. The fourth-order valence-corrected chi connectivity index (χ4v) is 2.10. The zero-order valence-corrected chi connectivity index (χ0v) is 12.0. The van der Waals surface area contributed by atoms with E-state index in [1.807, 2.05) is 11.7 Å². The van der Waals surface area contributed by atoms with E-state index in [9.17, 15) is 0 Å². The highest BCUT2D eigenvalue weighted by atomic mass is 35.5. The highest BCUT2D eigenvalue weighted by molar-refractivity contribution is 6.31. The van der Waals surface area contributed by atoms with E-state index in [-0.39, 0.29) is 0 Å². The number of hydrogen-bond donors (Lipinski definition) is 1. The Bertz CT molecular complexity index is 347. The van der Waals surface area contributed by atoms with E-state index in [1.54, 1.807) is 0 Å². The topological polar surface area (TPSA) is 33.1 Å². The largest absolute Gasteiger partial charge is 0.311 e. The second kappa shape index (κ2) is 6.99. The van der Waals surface area contributed by atoms with Gasteiger partial charge in [-0.1, -0.05) is 18.5 Å². The molecule has 1 N–H and O–H groups in total. The van der Waals surface area contributed by atoms with Gasteiger partial charge in [0, 0.05) is 13.6 Å². The minimum absolute atomic E-state index is 0.787. The Labute approximate surface area is 109 Å². The van der Waals surface area contributed by atoms with Crippen molar-refractivity contribution < 1.29 is 0 Å². The number of halogens is 1. The first-order chi connectivity index (χ1) is 8.06. The zero-order valence-electron chi connectivity index (χ0n) is 11.3. The maximum Gasteiger partial charge on any atom is 0.0863 e. The maximum atomic E-state index is 6.26. The van der Waals surface area contributed by atoms with E-state index in [2.05, 4.69) is 36.3 Å². The summed E-state index contributed by atoms with van der Waals surface area (Å²) < 4.78 is 1.88. The van der Waals surface area contributed by atoms with Crippen molar-refractivity contribution >= 4 is 11.6 Å². The minimum Gasteiger partial charge on any atom is -0.311 e. The third-order valence-corrected chi connectivity index (χ3v) is 3.19. The molecule has 0 fully saturated rings. The van der Waals surface area contributed by atoms with Crippen molar-refractivity contribution in [3.05, 3.63) is 16.4 Å². The first kappa shape index (κ1) is 14.5. The van der Waals surface area contributed by atoms with Crippen LogP contribution < -0.4 is 5.32 Å². The van der Waals surface area contributed by atoms with Crippen molar-refractivity contribution in [3.63, 3.8) is 0 Å². The minimum atomic E-state index is 0.787. The summed E-state index contributed by atoms with van der Waals surface area (Å²) in [6.07, 6.45) is 2.02. The molecule has 1 aromatic heterocycles. The molecule has 0 aliphatic heterocycles. The van der Waals surface area contributed by atoms with Crippen molar-refractivity contribution in [2.24, 2.45) is 7.05 Å².